The lowest BCUT2D eigenvalue weighted by Gasteiger charge is -2.36. The molecule has 3 heterocycles. The zero-order chi connectivity index (χ0) is 18.1. The van der Waals surface area contributed by atoms with Gasteiger partial charge in [0.15, 0.2) is 5.69 Å². The van der Waals surface area contributed by atoms with Gasteiger partial charge in [-0.1, -0.05) is 30.3 Å². The number of esters is 1. The van der Waals surface area contributed by atoms with Crippen molar-refractivity contribution < 1.29 is 14.6 Å². The van der Waals surface area contributed by atoms with Crippen LogP contribution in [-0.2, 0) is 11.2 Å². The maximum Gasteiger partial charge on any atom is 0.358 e. The summed E-state index contributed by atoms with van der Waals surface area (Å²) in [7, 11) is 1.33. The van der Waals surface area contributed by atoms with Gasteiger partial charge in [0.1, 0.15) is 5.82 Å². The lowest BCUT2D eigenvalue weighted by atomic mass is 9.70. The molecule has 6 nitrogen and oxygen atoms in total. The molecule has 0 radical (unpaired) electrons. The molecule has 2 saturated heterocycles. The summed E-state index contributed by atoms with van der Waals surface area (Å²) in [6.45, 7) is 0.160. The number of carbonyl (C=O) groups is 1. The molecule has 0 aliphatic carbocycles. The van der Waals surface area contributed by atoms with E-state index in [0.29, 0.717) is 6.04 Å². The molecule has 2 fully saturated rings. The summed E-state index contributed by atoms with van der Waals surface area (Å²) >= 11 is 0. The number of fused-ring (bicyclic) bond motifs is 2. The van der Waals surface area contributed by atoms with Crippen LogP contribution in [0, 0.1) is 5.41 Å². The van der Waals surface area contributed by atoms with Gasteiger partial charge in [0.25, 0.3) is 0 Å². The molecule has 136 valence electrons. The first-order chi connectivity index (χ1) is 12.7. The molecule has 6 heteroatoms. The molecule has 2 aliphatic rings. The fraction of sp³-hybridized carbons (Fsp3) is 0.450. The van der Waals surface area contributed by atoms with E-state index < -0.39 is 5.97 Å². The first kappa shape index (κ1) is 17.0. The number of nitrogens with zero attached hydrogens (tertiary/aromatic N) is 3. The third-order valence-electron chi connectivity index (χ3n) is 5.86. The van der Waals surface area contributed by atoms with Crippen LogP contribution in [0.5, 0.6) is 0 Å². The number of aliphatic hydroxyl groups is 1. The van der Waals surface area contributed by atoms with E-state index >= 15 is 0 Å². The van der Waals surface area contributed by atoms with E-state index in [0.717, 1.165) is 31.5 Å². The summed E-state index contributed by atoms with van der Waals surface area (Å²) in [5, 5.41) is 10.3. The second kappa shape index (κ2) is 6.68. The molecule has 2 aliphatic heterocycles. The largest absolute Gasteiger partial charge is 0.464 e. The summed E-state index contributed by atoms with van der Waals surface area (Å²) in [4.78, 5) is 22.5. The quantitative estimate of drug-likeness (QED) is 0.831. The second-order valence-electron chi connectivity index (χ2n) is 7.29. The maximum absolute atomic E-state index is 11.6. The van der Waals surface area contributed by atoms with E-state index in [1.165, 1.54) is 18.9 Å². The van der Waals surface area contributed by atoms with Crippen LogP contribution in [0.1, 0.15) is 35.3 Å². The van der Waals surface area contributed by atoms with E-state index in [-0.39, 0.29) is 23.8 Å². The minimum Gasteiger partial charge on any atom is -0.464 e. The highest BCUT2D eigenvalue weighted by atomic mass is 16.5. The average Bonchev–Trinajstić information content (AvgIpc) is 3.24. The van der Waals surface area contributed by atoms with Gasteiger partial charge in [0.05, 0.1) is 26.1 Å². The number of ether oxygens (including phenoxy) is 1. The van der Waals surface area contributed by atoms with Gasteiger partial charge in [0.2, 0.25) is 0 Å². The van der Waals surface area contributed by atoms with Gasteiger partial charge in [-0.05, 0) is 31.2 Å². The fourth-order valence-corrected chi connectivity index (χ4v) is 4.72. The molecule has 26 heavy (non-hydrogen) atoms. The standard InChI is InChI=1S/C20H23N3O3/c1-26-19(25)16-11-22-18(12-21-16)23-15-7-8-17(23)20(10-15,13-24)9-14-5-3-2-4-6-14/h2-6,11-12,15,17,24H,7-10,13H2,1H3/t15-,17+,20-/m1/s1. The Hall–Kier alpha value is -2.47. The first-order valence-corrected chi connectivity index (χ1v) is 9.00. The predicted octanol–water partition coefficient (Wildman–Crippen LogP) is 2.23. The topological polar surface area (TPSA) is 75.5 Å². The van der Waals surface area contributed by atoms with Crippen LogP contribution in [0.25, 0.3) is 0 Å². The number of benzene rings is 1. The van der Waals surface area contributed by atoms with E-state index in [2.05, 4.69) is 31.7 Å². The molecule has 1 aromatic heterocycles. The molecular weight excluding hydrogens is 330 g/mol. The van der Waals surface area contributed by atoms with Crippen molar-refractivity contribution in [2.24, 2.45) is 5.41 Å². The summed E-state index contributed by atoms with van der Waals surface area (Å²) in [6.07, 6.45) is 7.06. The Morgan fingerprint density at radius 2 is 2.08 bits per heavy atom. The Bertz CT molecular complexity index is 781. The number of anilines is 1. The van der Waals surface area contributed by atoms with E-state index in [9.17, 15) is 9.90 Å². The molecule has 1 N–H and O–H groups in total. The van der Waals surface area contributed by atoms with Gasteiger partial charge < -0.3 is 14.7 Å². The molecule has 2 aromatic rings. The van der Waals surface area contributed by atoms with Crippen molar-refractivity contribution in [1.29, 1.82) is 0 Å². The van der Waals surface area contributed by atoms with Crippen molar-refractivity contribution in [3.05, 3.63) is 54.0 Å². The van der Waals surface area contributed by atoms with Gasteiger partial charge >= 0.3 is 5.97 Å². The number of aromatic nitrogens is 2. The minimum absolute atomic E-state index is 0.160. The molecule has 0 amide bonds. The van der Waals surface area contributed by atoms with Crippen LogP contribution in [0.2, 0.25) is 0 Å². The normalized spacial score (nSPS) is 26.9. The summed E-state index contributed by atoms with van der Waals surface area (Å²) < 4.78 is 4.68. The predicted molar refractivity (Wildman–Crippen MR) is 96.9 cm³/mol. The monoisotopic (exact) mass is 353 g/mol. The molecule has 0 saturated carbocycles. The molecule has 2 bridgehead atoms. The van der Waals surface area contributed by atoms with E-state index in [4.69, 9.17) is 0 Å². The molecule has 0 unspecified atom stereocenters. The van der Waals surface area contributed by atoms with Crippen LogP contribution >= 0.6 is 0 Å². The SMILES string of the molecule is COC(=O)c1cnc(N2[C@@H]3CC[C@H]2[C@](CO)(Cc2ccccc2)C3)cn1. The van der Waals surface area contributed by atoms with E-state index in [1.54, 1.807) is 6.20 Å². The number of hydrogen-bond acceptors (Lipinski definition) is 6. The third-order valence-corrected chi connectivity index (χ3v) is 5.86. The molecule has 4 rings (SSSR count). The highest BCUT2D eigenvalue weighted by molar-refractivity contribution is 5.86. The second-order valence-corrected chi connectivity index (χ2v) is 7.29. The molecule has 3 atom stereocenters. The Balaban J connectivity index is 1.60. The van der Waals surface area contributed by atoms with Crippen molar-refractivity contribution in [3.63, 3.8) is 0 Å². The van der Waals surface area contributed by atoms with Crippen molar-refractivity contribution in [3.8, 4) is 0 Å². The third kappa shape index (κ3) is 2.74. The Kier molecular flexibility index (Phi) is 4.36. The fourth-order valence-electron chi connectivity index (χ4n) is 4.72. The Morgan fingerprint density at radius 1 is 1.27 bits per heavy atom. The highest BCUT2D eigenvalue weighted by Gasteiger charge is 2.55. The lowest BCUT2D eigenvalue weighted by Crippen LogP contribution is -2.42. The lowest BCUT2D eigenvalue weighted by molar-refractivity contribution is 0.0593. The summed E-state index contributed by atoms with van der Waals surface area (Å²) in [5.41, 5.74) is 1.30. The van der Waals surface area contributed by atoms with Crippen LogP contribution in [0.15, 0.2) is 42.7 Å². The number of hydrogen-bond donors (Lipinski definition) is 1. The van der Waals surface area contributed by atoms with Gasteiger partial charge in [0, 0.05) is 17.5 Å². The maximum atomic E-state index is 11.6. The van der Waals surface area contributed by atoms with Crippen LogP contribution in [0.3, 0.4) is 0 Å². The molecule has 1 aromatic carbocycles. The van der Waals surface area contributed by atoms with Gasteiger partial charge in [-0.25, -0.2) is 14.8 Å². The summed E-state index contributed by atoms with van der Waals surface area (Å²) in [5.74, 6) is 0.288. The minimum atomic E-state index is -0.484. The Labute approximate surface area is 152 Å². The first-order valence-electron chi connectivity index (χ1n) is 9.00. The smallest absolute Gasteiger partial charge is 0.358 e. The number of aliphatic hydroxyl groups excluding tert-OH is 1. The Morgan fingerprint density at radius 3 is 2.73 bits per heavy atom. The van der Waals surface area contributed by atoms with Crippen molar-refractivity contribution >= 4 is 11.8 Å². The van der Waals surface area contributed by atoms with Gasteiger partial charge in [-0.3, -0.25) is 0 Å². The van der Waals surface area contributed by atoms with Crippen LogP contribution in [0.4, 0.5) is 5.82 Å². The summed E-state index contributed by atoms with van der Waals surface area (Å²) in [6, 6.07) is 10.9. The number of rotatable bonds is 5. The van der Waals surface area contributed by atoms with Crippen molar-refractivity contribution in [2.45, 2.75) is 37.8 Å². The van der Waals surface area contributed by atoms with E-state index in [1.807, 2.05) is 18.2 Å². The highest BCUT2D eigenvalue weighted by Crippen LogP contribution is 2.52. The number of carbonyl (C=O) groups excluding carboxylic acids is 1. The van der Waals surface area contributed by atoms with Crippen LogP contribution in [-0.4, -0.2) is 46.8 Å². The molecular formula is C20H23N3O3. The zero-order valence-corrected chi connectivity index (χ0v) is 14.8. The van der Waals surface area contributed by atoms with Gasteiger partial charge in [-0.15, -0.1) is 0 Å². The average molecular weight is 353 g/mol. The van der Waals surface area contributed by atoms with Crippen molar-refractivity contribution in [2.75, 3.05) is 18.6 Å². The van der Waals surface area contributed by atoms with Gasteiger partial charge in [-0.2, -0.15) is 0 Å². The zero-order valence-electron chi connectivity index (χ0n) is 14.8. The molecule has 0 spiro atoms. The van der Waals surface area contributed by atoms with Crippen LogP contribution < -0.4 is 4.90 Å². The number of methoxy groups -OCH3 is 1. The van der Waals surface area contributed by atoms with Crippen molar-refractivity contribution in [1.82, 2.24) is 9.97 Å².